The molecule has 0 radical (unpaired) electrons. The number of hydrogen-bond acceptors (Lipinski definition) is 5. The van der Waals surface area contributed by atoms with Crippen LogP contribution in [0.3, 0.4) is 0 Å². The zero-order valence-electron chi connectivity index (χ0n) is 14.8. The normalized spacial score (nSPS) is 15.6. The summed E-state index contributed by atoms with van der Waals surface area (Å²) in [6.07, 6.45) is 0. The molecule has 0 aliphatic carbocycles. The van der Waals surface area contributed by atoms with Gasteiger partial charge in [-0.05, 0) is 18.6 Å². The number of benzene rings is 2. The van der Waals surface area contributed by atoms with Crippen LogP contribution in [0.15, 0.2) is 66.1 Å². The van der Waals surface area contributed by atoms with Crippen LogP contribution in [0.4, 0.5) is 0 Å². The minimum atomic E-state index is -0.399. The second-order valence-electron chi connectivity index (χ2n) is 6.30. The fourth-order valence-electron chi connectivity index (χ4n) is 3.30. The Hall–Kier alpha value is -3.72. The quantitative estimate of drug-likeness (QED) is 0.744. The number of aryl methyl sites for hydroxylation is 1. The second-order valence-corrected chi connectivity index (χ2v) is 6.30. The lowest BCUT2D eigenvalue weighted by atomic mass is 9.83. The maximum absolute atomic E-state index is 9.71. The summed E-state index contributed by atoms with van der Waals surface area (Å²) in [6.45, 7) is 2.32. The Labute approximate surface area is 156 Å². The van der Waals surface area contributed by atoms with Gasteiger partial charge in [0.1, 0.15) is 24.0 Å². The van der Waals surface area contributed by atoms with E-state index in [9.17, 15) is 5.26 Å². The van der Waals surface area contributed by atoms with Gasteiger partial charge in [-0.1, -0.05) is 48.5 Å². The molecule has 0 amide bonds. The number of nitrogens with one attached hydrogen (secondary N) is 1. The molecule has 6 heteroatoms. The van der Waals surface area contributed by atoms with Crippen molar-refractivity contribution in [2.24, 2.45) is 5.73 Å². The fourth-order valence-corrected chi connectivity index (χ4v) is 3.30. The van der Waals surface area contributed by atoms with E-state index in [1.54, 1.807) is 0 Å². The Kier molecular flexibility index (Phi) is 4.27. The molecule has 3 N–H and O–H groups in total. The summed E-state index contributed by atoms with van der Waals surface area (Å²) < 4.78 is 11.6. The summed E-state index contributed by atoms with van der Waals surface area (Å²) in [5, 5.41) is 16.8. The SMILES string of the molecule is Cc1[nH]nc2c1[C@H](c1ccccc1OCc1ccccc1)C(C#N)=C(N)O2. The lowest BCUT2D eigenvalue weighted by molar-refractivity contribution is 0.301. The number of nitrogens with zero attached hydrogens (tertiary/aromatic N) is 2. The van der Waals surface area contributed by atoms with Gasteiger partial charge < -0.3 is 15.2 Å². The topological polar surface area (TPSA) is 97.0 Å². The Morgan fingerprint density at radius 3 is 2.70 bits per heavy atom. The minimum absolute atomic E-state index is 0.0689. The van der Waals surface area contributed by atoms with Gasteiger partial charge in [0.25, 0.3) is 0 Å². The predicted molar refractivity (Wildman–Crippen MR) is 99.8 cm³/mol. The molecule has 0 bridgehead atoms. The van der Waals surface area contributed by atoms with E-state index < -0.39 is 5.92 Å². The highest BCUT2D eigenvalue weighted by atomic mass is 16.5. The maximum Gasteiger partial charge on any atom is 0.244 e. The molecule has 134 valence electrons. The van der Waals surface area contributed by atoms with Gasteiger partial charge in [-0.2, -0.15) is 5.26 Å². The molecule has 0 saturated heterocycles. The van der Waals surface area contributed by atoms with Crippen molar-refractivity contribution < 1.29 is 9.47 Å². The van der Waals surface area contributed by atoms with Crippen LogP contribution < -0.4 is 15.2 Å². The van der Waals surface area contributed by atoms with Crippen LogP contribution >= 0.6 is 0 Å². The number of nitrogens with two attached hydrogens (primary N) is 1. The van der Waals surface area contributed by atoms with E-state index in [1.165, 1.54) is 0 Å². The van der Waals surface area contributed by atoms with Crippen molar-refractivity contribution >= 4 is 0 Å². The van der Waals surface area contributed by atoms with Crippen LogP contribution in [0.25, 0.3) is 0 Å². The lowest BCUT2D eigenvalue weighted by Gasteiger charge is -2.25. The third kappa shape index (κ3) is 3.00. The van der Waals surface area contributed by atoms with Crippen LogP contribution in [-0.4, -0.2) is 10.2 Å². The van der Waals surface area contributed by atoms with Gasteiger partial charge in [-0.15, -0.1) is 5.10 Å². The number of allylic oxidation sites excluding steroid dienone is 1. The molecule has 3 aromatic rings. The molecule has 2 aromatic carbocycles. The smallest absolute Gasteiger partial charge is 0.244 e. The largest absolute Gasteiger partial charge is 0.489 e. The van der Waals surface area contributed by atoms with E-state index in [0.717, 1.165) is 22.4 Å². The second kappa shape index (κ2) is 6.89. The van der Waals surface area contributed by atoms with Crippen molar-refractivity contribution in [1.82, 2.24) is 10.2 Å². The lowest BCUT2D eigenvalue weighted by Crippen LogP contribution is -2.21. The van der Waals surface area contributed by atoms with Crippen LogP contribution in [0.2, 0.25) is 0 Å². The minimum Gasteiger partial charge on any atom is -0.489 e. The number of ether oxygens (including phenoxy) is 2. The average Bonchev–Trinajstić information content (AvgIpc) is 3.06. The first kappa shape index (κ1) is 16.7. The van der Waals surface area contributed by atoms with E-state index >= 15 is 0 Å². The summed E-state index contributed by atoms with van der Waals surface area (Å²) in [5.74, 6) is 0.760. The first-order valence-corrected chi connectivity index (χ1v) is 8.57. The Balaban J connectivity index is 1.77. The van der Waals surface area contributed by atoms with E-state index in [4.69, 9.17) is 15.2 Å². The van der Waals surface area contributed by atoms with Gasteiger partial charge >= 0.3 is 0 Å². The number of hydrogen-bond donors (Lipinski definition) is 2. The summed E-state index contributed by atoms with van der Waals surface area (Å²) in [6, 6.07) is 19.8. The van der Waals surface area contributed by atoms with E-state index in [2.05, 4.69) is 16.3 Å². The maximum atomic E-state index is 9.71. The molecule has 0 fully saturated rings. The van der Waals surface area contributed by atoms with Gasteiger partial charge in [0.05, 0.1) is 5.92 Å². The highest BCUT2D eigenvalue weighted by Gasteiger charge is 2.35. The number of rotatable bonds is 4. The van der Waals surface area contributed by atoms with Crippen LogP contribution in [0.5, 0.6) is 11.6 Å². The number of aromatic nitrogens is 2. The predicted octanol–water partition coefficient (Wildman–Crippen LogP) is 3.52. The fraction of sp³-hybridized carbons (Fsp3) is 0.143. The van der Waals surface area contributed by atoms with Crippen molar-refractivity contribution in [1.29, 1.82) is 5.26 Å². The Morgan fingerprint density at radius 1 is 1.19 bits per heavy atom. The summed E-state index contributed by atoms with van der Waals surface area (Å²) in [5.41, 5.74) is 9.89. The summed E-state index contributed by atoms with van der Waals surface area (Å²) in [7, 11) is 0. The molecular weight excluding hydrogens is 340 g/mol. The van der Waals surface area contributed by atoms with Crippen molar-refractivity contribution in [3.8, 4) is 17.7 Å². The Morgan fingerprint density at radius 2 is 1.93 bits per heavy atom. The molecular formula is C21H18N4O2. The summed E-state index contributed by atoms with van der Waals surface area (Å²) >= 11 is 0. The molecule has 0 spiro atoms. The third-order valence-corrected chi connectivity index (χ3v) is 4.60. The first-order chi connectivity index (χ1) is 13.2. The molecule has 0 unspecified atom stereocenters. The van der Waals surface area contributed by atoms with Crippen LogP contribution in [0, 0.1) is 18.3 Å². The van der Waals surface area contributed by atoms with Gasteiger partial charge in [0.2, 0.25) is 11.8 Å². The third-order valence-electron chi connectivity index (χ3n) is 4.60. The van der Waals surface area contributed by atoms with E-state index in [1.807, 2.05) is 61.5 Å². The van der Waals surface area contributed by atoms with Gasteiger partial charge in [-0.3, -0.25) is 5.10 Å². The van der Waals surface area contributed by atoms with Crippen molar-refractivity contribution in [2.75, 3.05) is 0 Å². The number of H-pyrrole nitrogens is 1. The molecule has 27 heavy (non-hydrogen) atoms. The molecule has 1 aliphatic heterocycles. The highest BCUT2D eigenvalue weighted by molar-refractivity contribution is 5.57. The molecule has 4 rings (SSSR count). The summed E-state index contributed by atoms with van der Waals surface area (Å²) in [4.78, 5) is 0. The zero-order chi connectivity index (χ0) is 18.8. The number of aromatic amines is 1. The number of nitriles is 1. The molecule has 1 aliphatic rings. The molecule has 6 nitrogen and oxygen atoms in total. The number of para-hydroxylation sites is 1. The molecule has 2 heterocycles. The highest BCUT2D eigenvalue weighted by Crippen LogP contribution is 2.45. The van der Waals surface area contributed by atoms with Gasteiger partial charge in [-0.25, -0.2) is 0 Å². The number of fused-ring (bicyclic) bond motifs is 1. The Bertz CT molecular complexity index is 1050. The first-order valence-electron chi connectivity index (χ1n) is 8.57. The van der Waals surface area contributed by atoms with Crippen LogP contribution in [-0.2, 0) is 6.61 Å². The van der Waals surface area contributed by atoms with Crippen molar-refractivity contribution in [3.05, 3.63) is 88.4 Å². The standard InChI is InChI=1S/C21H18N4O2/c1-13-18-19(16(11-22)20(23)27-21(18)25-24-13)15-9-5-6-10-17(15)26-12-14-7-3-2-4-8-14/h2-10,19H,12,23H2,1H3,(H,24,25)/t19-/m1/s1. The van der Waals surface area contributed by atoms with Crippen LogP contribution in [0.1, 0.15) is 28.3 Å². The van der Waals surface area contributed by atoms with Crippen molar-refractivity contribution in [2.45, 2.75) is 19.4 Å². The van der Waals surface area contributed by atoms with Gasteiger partial charge in [0, 0.05) is 16.8 Å². The van der Waals surface area contributed by atoms with Crippen molar-refractivity contribution in [3.63, 3.8) is 0 Å². The van der Waals surface area contributed by atoms with E-state index in [0.29, 0.717) is 23.8 Å². The zero-order valence-corrected chi connectivity index (χ0v) is 14.8. The molecule has 1 aromatic heterocycles. The monoisotopic (exact) mass is 358 g/mol. The molecule has 0 saturated carbocycles. The molecule has 1 atom stereocenters. The van der Waals surface area contributed by atoms with E-state index in [-0.39, 0.29) is 5.88 Å². The van der Waals surface area contributed by atoms with Gasteiger partial charge in [0.15, 0.2) is 0 Å². The average molecular weight is 358 g/mol.